The number of carbonyl (C=O) groups is 2. The van der Waals surface area contributed by atoms with Gasteiger partial charge in [-0.15, -0.1) is 11.3 Å². The van der Waals surface area contributed by atoms with E-state index in [0.717, 1.165) is 0 Å². The Balaban J connectivity index is 2.51. The molecule has 1 N–H and O–H groups in total. The lowest BCUT2D eigenvalue weighted by Gasteiger charge is -2.36. The molecule has 0 aromatic carbocycles. The van der Waals surface area contributed by atoms with Gasteiger partial charge in [-0.3, -0.25) is 0 Å². The maximum absolute atomic E-state index is 13.0. The zero-order valence-electron chi connectivity index (χ0n) is 20.1. The van der Waals surface area contributed by atoms with Gasteiger partial charge < -0.3 is 14.4 Å². The van der Waals surface area contributed by atoms with E-state index in [0.29, 0.717) is 11.3 Å². The van der Waals surface area contributed by atoms with Crippen molar-refractivity contribution in [3.05, 3.63) is 11.6 Å². The van der Waals surface area contributed by atoms with Crippen molar-refractivity contribution in [2.45, 2.75) is 92.7 Å². The third-order valence-electron chi connectivity index (χ3n) is 4.63. The van der Waals surface area contributed by atoms with Crippen LogP contribution in [0.1, 0.15) is 73.4 Å². The fourth-order valence-corrected chi connectivity index (χ4v) is 8.10. The van der Waals surface area contributed by atoms with Crippen LogP contribution in [0.3, 0.4) is 0 Å². The number of ether oxygens (including phenoxy) is 2. The van der Waals surface area contributed by atoms with Gasteiger partial charge in [0.15, 0.2) is 9.84 Å². The third kappa shape index (κ3) is 6.38. The Labute approximate surface area is 199 Å². The van der Waals surface area contributed by atoms with E-state index in [9.17, 15) is 26.4 Å². The van der Waals surface area contributed by atoms with Crippen LogP contribution in [0, 0.1) is 0 Å². The van der Waals surface area contributed by atoms with E-state index in [1.807, 2.05) is 4.72 Å². The van der Waals surface area contributed by atoms with Gasteiger partial charge in [-0.2, -0.15) is 0 Å². The molecule has 2 rings (SSSR count). The van der Waals surface area contributed by atoms with Gasteiger partial charge in [0.2, 0.25) is 0 Å². The SMILES string of the molecule is CCN(C(=O)OC(C)(C)C)[C@H]1C[C@@H](C)S(=O)(=O)c2sc(S(=O)(=O)NC(=O)OC(C)(C)C)cc21. The molecule has 33 heavy (non-hydrogen) atoms. The Kier molecular flexibility index (Phi) is 7.52. The number of nitrogens with one attached hydrogen (secondary N) is 1. The highest BCUT2D eigenvalue weighted by Gasteiger charge is 2.43. The number of carbonyl (C=O) groups excluding carboxylic acids is 2. The largest absolute Gasteiger partial charge is 0.444 e. The second kappa shape index (κ2) is 9.06. The predicted molar refractivity (Wildman–Crippen MR) is 123 cm³/mol. The summed E-state index contributed by atoms with van der Waals surface area (Å²) >= 11 is 0.544. The molecule has 10 nitrogen and oxygen atoms in total. The van der Waals surface area contributed by atoms with E-state index in [2.05, 4.69) is 0 Å². The average molecular weight is 525 g/mol. The molecule has 0 bridgehead atoms. The van der Waals surface area contributed by atoms with E-state index >= 15 is 0 Å². The average Bonchev–Trinajstić information content (AvgIpc) is 3.03. The van der Waals surface area contributed by atoms with E-state index in [4.69, 9.17) is 9.47 Å². The zero-order valence-corrected chi connectivity index (χ0v) is 22.5. The molecule has 0 fully saturated rings. The van der Waals surface area contributed by atoms with Crippen LogP contribution >= 0.6 is 11.3 Å². The first-order chi connectivity index (χ1) is 14.8. The van der Waals surface area contributed by atoms with Gasteiger partial charge in [-0.1, -0.05) is 0 Å². The molecule has 2 atom stereocenters. The number of nitrogens with zero attached hydrogens (tertiary/aromatic N) is 1. The smallest absolute Gasteiger partial charge is 0.421 e. The number of hydrogen-bond donors (Lipinski definition) is 1. The van der Waals surface area contributed by atoms with Gasteiger partial charge in [0.1, 0.15) is 19.6 Å². The molecular formula is C20H32N2O8S3. The molecule has 0 aliphatic carbocycles. The zero-order chi connectivity index (χ0) is 25.6. The number of sulfone groups is 1. The number of amides is 2. The molecule has 1 aliphatic rings. The van der Waals surface area contributed by atoms with Crippen molar-refractivity contribution in [1.29, 1.82) is 0 Å². The monoisotopic (exact) mass is 524 g/mol. The fraction of sp³-hybridized carbons (Fsp3) is 0.700. The van der Waals surface area contributed by atoms with E-state index in [1.54, 1.807) is 48.5 Å². The second-order valence-corrected chi connectivity index (χ2v) is 15.3. The maximum atomic E-state index is 13.0. The maximum Gasteiger partial charge on any atom is 0.421 e. The first kappa shape index (κ1) is 27.4. The summed E-state index contributed by atoms with van der Waals surface area (Å²) in [6, 6.07) is 0.494. The quantitative estimate of drug-likeness (QED) is 0.628. The van der Waals surface area contributed by atoms with Crippen LogP contribution in [0.5, 0.6) is 0 Å². The van der Waals surface area contributed by atoms with Gasteiger partial charge in [0.25, 0.3) is 10.0 Å². The van der Waals surface area contributed by atoms with E-state index < -0.39 is 54.5 Å². The normalized spacial score (nSPS) is 20.5. The van der Waals surface area contributed by atoms with Crippen molar-refractivity contribution >= 4 is 43.4 Å². The Morgan fingerprint density at radius 1 is 1.15 bits per heavy atom. The van der Waals surface area contributed by atoms with Crippen LogP contribution in [-0.4, -0.2) is 56.9 Å². The van der Waals surface area contributed by atoms with E-state index in [-0.39, 0.29) is 26.9 Å². The highest BCUT2D eigenvalue weighted by Crippen LogP contribution is 2.45. The number of fused-ring (bicyclic) bond motifs is 1. The Bertz CT molecular complexity index is 1120. The van der Waals surface area contributed by atoms with Crippen molar-refractivity contribution in [1.82, 2.24) is 9.62 Å². The highest BCUT2D eigenvalue weighted by atomic mass is 32.3. The summed E-state index contributed by atoms with van der Waals surface area (Å²) < 4.78 is 63.3. The molecule has 1 aliphatic heterocycles. The minimum Gasteiger partial charge on any atom is -0.444 e. The van der Waals surface area contributed by atoms with Crippen molar-refractivity contribution in [3.8, 4) is 0 Å². The first-order valence-electron chi connectivity index (χ1n) is 10.4. The lowest BCUT2D eigenvalue weighted by Crippen LogP contribution is -2.42. The van der Waals surface area contributed by atoms with Crippen molar-refractivity contribution in [2.75, 3.05) is 6.54 Å². The van der Waals surface area contributed by atoms with Gasteiger partial charge in [0.05, 0.1) is 11.3 Å². The summed E-state index contributed by atoms with van der Waals surface area (Å²) in [5.74, 6) is 0. The van der Waals surface area contributed by atoms with E-state index in [1.165, 1.54) is 17.9 Å². The van der Waals surface area contributed by atoms with Gasteiger partial charge >= 0.3 is 12.2 Å². The number of sulfonamides is 1. The van der Waals surface area contributed by atoms with Crippen LogP contribution in [0.2, 0.25) is 0 Å². The summed E-state index contributed by atoms with van der Waals surface area (Å²) in [6.07, 6.45) is -1.72. The Hall–Kier alpha value is -1.86. The molecule has 13 heteroatoms. The topological polar surface area (TPSA) is 136 Å². The first-order valence-corrected chi connectivity index (χ1v) is 14.3. The van der Waals surface area contributed by atoms with Crippen LogP contribution in [0.15, 0.2) is 14.5 Å². The lowest BCUT2D eigenvalue weighted by molar-refractivity contribution is 0.0156. The molecule has 0 saturated heterocycles. The molecule has 0 saturated carbocycles. The van der Waals surface area contributed by atoms with Gasteiger partial charge in [-0.05, 0) is 67.9 Å². The third-order valence-corrected chi connectivity index (χ3v) is 10.3. The number of rotatable bonds is 4. The van der Waals surface area contributed by atoms with Crippen molar-refractivity contribution in [3.63, 3.8) is 0 Å². The molecule has 1 aromatic rings. The predicted octanol–water partition coefficient (Wildman–Crippen LogP) is 3.83. The summed E-state index contributed by atoms with van der Waals surface area (Å²) in [4.78, 5) is 26.2. The minimum atomic E-state index is -4.40. The summed E-state index contributed by atoms with van der Waals surface area (Å²) in [7, 11) is -8.23. The summed E-state index contributed by atoms with van der Waals surface area (Å²) in [5, 5.41) is -0.848. The number of hydrogen-bond acceptors (Lipinski definition) is 9. The standard InChI is InChI=1S/C20H32N2O8S3/c1-9-22(18(24)30-20(6,7)8)14-10-12(2)32(25,26)16-13(14)11-15(31-16)33(27,28)21-17(23)29-19(3,4)5/h11-12,14H,9-10H2,1-8H3,(H,21,23)/t12-,14+/m1/s1. The van der Waals surface area contributed by atoms with Gasteiger partial charge in [0, 0.05) is 12.1 Å². The van der Waals surface area contributed by atoms with Crippen molar-refractivity contribution in [2.24, 2.45) is 0 Å². The second-order valence-electron chi connectivity index (χ2n) is 9.79. The molecule has 188 valence electrons. The fourth-order valence-electron chi connectivity index (χ4n) is 3.25. The lowest BCUT2D eigenvalue weighted by atomic mass is 10.0. The molecule has 1 aromatic heterocycles. The van der Waals surface area contributed by atoms with Crippen LogP contribution in [-0.2, 0) is 29.3 Å². The van der Waals surface area contributed by atoms with Gasteiger partial charge in [-0.25, -0.2) is 31.1 Å². The Morgan fingerprint density at radius 2 is 1.70 bits per heavy atom. The summed E-state index contributed by atoms with van der Waals surface area (Å²) in [6.45, 7) is 13.4. The van der Waals surface area contributed by atoms with Crippen LogP contribution < -0.4 is 4.72 Å². The molecule has 0 unspecified atom stereocenters. The van der Waals surface area contributed by atoms with Crippen LogP contribution in [0.4, 0.5) is 9.59 Å². The molecule has 0 radical (unpaired) electrons. The molecule has 0 spiro atoms. The molecule has 2 heterocycles. The number of thiophene rings is 1. The molecular weight excluding hydrogens is 492 g/mol. The van der Waals surface area contributed by atoms with Crippen molar-refractivity contribution < 1.29 is 35.9 Å². The minimum absolute atomic E-state index is 0.0815. The molecule has 2 amide bonds. The van der Waals surface area contributed by atoms with Crippen LogP contribution in [0.25, 0.3) is 0 Å². The highest BCUT2D eigenvalue weighted by molar-refractivity contribution is 7.95. The Morgan fingerprint density at radius 3 is 2.18 bits per heavy atom. The summed E-state index contributed by atoms with van der Waals surface area (Å²) in [5.41, 5.74) is -1.50.